The molecule has 0 saturated carbocycles. The third-order valence-electron chi connectivity index (χ3n) is 3.36. The number of carbonyl (C=O) groups is 4. The van der Waals surface area contributed by atoms with Gasteiger partial charge in [-0.1, -0.05) is 0 Å². The van der Waals surface area contributed by atoms with E-state index in [1.54, 1.807) is 13.8 Å². The van der Waals surface area contributed by atoms with Crippen LogP contribution in [-0.4, -0.2) is 43.6 Å². The largest absolute Gasteiger partial charge is 0.494 e. The average Bonchev–Trinajstić information content (AvgIpc) is 2.67. The van der Waals surface area contributed by atoms with Gasteiger partial charge in [0.1, 0.15) is 12.4 Å². The van der Waals surface area contributed by atoms with Gasteiger partial charge < -0.3 is 24.8 Å². The molecule has 0 fully saturated rings. The maximum Gasteiger partial charge on any atom is 0.340 e. The fraction of sp³-hybridized carbons (Fsp3) is 0.368. The van der Waals surface area contributed by atoms with Gasteiger partial charge in [-0.2, -0.15) is 0 Å². The molecule has 0 spiro atoms. The van der Waals surface area contributed by atoms with E-state index >= 15 is 0 Å². The van der Waals surface area contributed by atoms with E-state index in [9.17, 15) is 19.2 Å². The zero-order valence-electron chi connectivity index (χ0n) is 17.2. The van der Waals surface area contributed by atoms with E-state index in [4.69, 9.17) is 14.2 Å². The highest BCUT2D eigenvalue weighted by atomic mass is 127. The third kappa shape index (κ3) is 8.36. The number of hydrogen-bond acceptors (Lipinski definition) is 7. The zero-order chi connectivity index (χ0) is 23.7. The van der Waals surface area contributed by atoms with Crippen LogP contribution in [0.3, 0.4) is 0 Å². The second kappa shape index (κ2) is 13.4. The van der Waals surface area contributed by atoms with Crippen molar-refractivity contribution in [2.24, 2.45) is 0 Å². The van der Waals surface area contributed by atoms with E-state index in [2.05, 4.69) is 10.6 Å². The second-order valence-electron chi connectivity index (χ2n) is 5.80. The minimum Gasteiger partial charge on any atom is -0.494 e. The molecule has 0 aliphatic carbocycles. The van der Waals surface area contributed by atoms with Gasteiger partial charge in [-0.25, -0.2) is 9.59 Å². The van der Waals surface area contributed by atoms with Crippen molar-refractivity contribution >= 4 is 103 Å². The van der Waals surface area contributed by atoms with Crippen molar-refractivity contribution in [3.8, 4) is 0 Å². The molecule has 0 aromatic heterocycles. The smallest absolute Gasteiger partial charge is 0.340 e. The molecule has 0 atom stereocenters. The number of rotatable bonds is 9. The lowest BCUT2D eigenvalue weighted by atomic mass is 10.1. The van der Waals surface area contributed by atoms with Crippen LogP contribution in [0.2, 0.25) is 0 Å². The molecular weight excluding hydrogens is 749 g/mol. The molecule has 0 unspecified atom stereocenters. The lowest BCUT2D eigenvalue weighted by molar-refractivity contribution is -0.137. The van der Waals surface area contributed by atoms with E-state index in [0.29, 0.717) is 22.1 Å². The number of halogens is 3. The lowest BCUT2D eigenvalue weighted by Gasteiger charge is -2.19. The summed E-state index contributed by atoms with van der Waals surface area (Å²) < 4.78 is 17.0. The molecule has 2 amide bonds. The zero-order valence-corrected chi connectivity index (χ0v) is 23.7. The Labute approximate surface area is 220 Å². The molecule has 0 radical (unpaired) electrons. The maximum atomic E-state index is 12.9. The standard InChI is InChI=1S/C19H21I3N2O7/c1-5-29-11(7-12(27)30-6-2)8-31-19(28)13-14(20)17(23-9(3)25)16(22)18(15(13)21)24-10(4)26/h7H,5-6,8H2,1-4H3,(H,23,25)(H,24,26). The fourth-order valence-electron chi connectivity index (χ4n) is 2.25. The Morgan fingerprint density at radius 2 is 1.29 bits per heavy atom. The van der Waals surface area contributed by atoms with Crippen LogP contribution in [0.5, 0.6) is 0 Å². The van der Waals surface area contributed by atoms with Crippen LogP contribution < -0.4 is 10.6 Å². The van der Waals surface area contributed by atoms with Crippen molar-refractivity contribution in [3.05, 3.63) is 28.1 Å². The number of hydrogen-bond donors (Lipinski definition) is 2. The highest BCUT2D eigenvalue weighted by Crippen LogP contribution is 2.39. The third-order valence-corrected chi connectivity index (χ3v) is 6.60. The fourth-order valence-corrected chi connectivity index (χ4v) is 6.40. The molecule has 0 heterocycles. The van der Waals surface area contributed by atoms with Crippen LogP contribution in [0, 0.1) is 10.7 Å². The Bertz CT molecular complexity index is 873. The molecule has 2 N–H and O–H groups in total. The predicted molar refractivity (Wildman–Crippen MR) is 140 cm³/mol. The summed E-state index contributed by atoms with van der Waals surface area (Å²) in [7, 11) is 0. The van der Waals surface area contributed by atoms with Crippen LogP contribution >= 0.6 is 67.8 Å². The molecule has 31 heavy (non-hydrogen) atoms. The van der Waals surface area contributed by atoms with Crippen LogP contribution in [0.4, 0.5) is 11.4 Å². The van der Waals surface area contributed by atoms with Crippen LogP contribution in [0.15, 0.2) is 11.8 Å². The van der Waals surface area contributed by atoms with E-state index < -0.39 is 11.9 Å². The first-order valence-corrected chi connectivity index (χ1v) is 12.2. The maximum absolute atomic E-state index is 12.9. The summed E-state index contributed by atoms with van der Waals surface area (Å²) in [4.78, 5) is 48.0. The first kappa shape index (κ1) is 27.9. The SMILES string of the molecule is CCOC(=O)C=C(COC(=O)c1c(I)c(NC(C)=O)c(I)c(NC(C)=O)c1I)OCC. The number of ether oxygens (including phenoxy) is 3. The Kier molecular flexibility index (Phi) is 12.0. The molecule has 0 bridgehead atoms. The van der Waals surface area contributed by atoms with Crippen molar-refractivity contribution in [2.45, 2.75) is 27.7 Å². The lowest BCUT2D eigenvalue weighted by Crippen LogP contribution is -2.20. The first-order valence-electron chi connectivity index (χ1n) is 8.96. The number of amides is 2. The molecule has 9 nitrogen and oxygen atoms in total. The highest BCUT2D eigenvalue weighted by Gasteiger charge is 2.27. The number of carbonyl (C=O) groups excluding carboxylic acids is 4. The van der Waals surface area contributed by atoms with Gasteiger partial charge in [-0.3, -0.25) is 9.59 Å². The van der Waals surface area contributed by atoms with Gasteiger partial charge in [0, 0.05) is 13.8 Å². The summed E-state index contributed by atoms with van der Waals surface area (Å²) >= 11 is 5.87. The van der Waals surface area contributed by atoms with Gasteiger partial charge in [0.25, 0.3) is 0 Å². The van der Waals surface area contributed by atoms with Gasteiger partial charge in [0.15, 0.2) is 0 Å². The van der Waals surface area contributed by atoms with Gasteiger partial charge in [-0.15, -0.1) is 0 Å². The molecule has 0 aliphatic heterocycles. The molecule has 1 aromatic rings. The Balaban J connectivity index is 3.35. The van der Waals surface area contributed by atoms with Gasteiger partial charge in [0.2, 0.25) is 11.8 Å². The van der Waals surface area contributed by atoms with Crippen molar-refractivity contribution in [3.63, 3.8) is 0 Å². The Hall–Kier alpha value is -1.17. The molecule has 0 aliphatic rings. The summed E-state index contributed by atoms with van der Waals surface area (Å²) in [5.74, 6) is -1.85. The Morgan fingerprint density at radius 1 is 0.806 bits per heavy atom. The van der Waals surface area contributed by atoms with E-state index in [1.165, 1.54) is 13.8 Å². The number of esters is 2. The first-order chi connectivity index (χ1) is 14.5. The van der Waals surface area contributed by atoms with Crippen molar-refractivity contribution in [1.82, 2.24) is 0 Å². The van der Waals surface area contributed by atoms with Crippen molar-refractivity contribution in [1.29, 1.82) is 0 Å². The molecule has 170 valence electrons. The molecule has 0 saturated heterocycles. The van der Waals surface area contributed by atoms with Crippen LogP contribution in [0.1, 0.15) is 38.1 Å². The van der Waals surface area contributed by atoms with Gasteiger partial charge >= 0.3 is 11.9 Å². The monoisotopic (exact) mass is 770 g/mol. The average molecular weight is 770 g/mol. The van der Waals surface area contributed by atoms with E-state index in [0.717, 1.165) is 6.08 Å². The van der Waals surface area contributed by atoms with Gasteiger partial charge in [0.05, 0.1) is 46.9 Å². The quantitative estimate of drug-likeness (QED) is 0.168. The number of benzene rings is 1. The van der Waals surface area contributed by atoms with Crippen LogP contribution in [-0.2, 0) is 28.6 Å². The summed E-state index contributed by atoms with van der Waals surface area (Å²) in [6.45, 7) is 6.25. The normalized spacial score (nSPS) is 10.9. The van der Waals surface area contributed by atoms with Gasteiger partial charge in [-0.05, 0) is 81.6 Å². The molecular formula is C19H21I3N2O7. The minimum absolute atomic E-state index is 0.133. The number of nitrogens with one attached hydrogen (secondary N) is 2. The predicted octanol–water partition coefficient (Wildman–Crippen LogP) is 4.06. The Morgan fingerprint density at radius 3 is 1.71 bits per heavy atom. The van der Waals surface area contributed by atoms with Crippen molar-refractivity contribution in [2.75, 3.05) is 30.5 Å². The molecule has 12 heteroatoms. The van der Waals surface area contributed by atoms with Crippen molar-refractivity contribution < 1.29 is 33.4 Å². The summed E-state index contributed by atoms with van der Waals surface area (Å²) in [6.07, 6.45) is 1.12. The van der Waals surface area contributed by atoms with E-state index in [-0.39, 0.29) is 43.0 Å². The number of anilines is 2. The van der Waals surface area contributed by atoms with Crippen LogP contribution in [0.25, 0.3) is 0 Å². The summed E-state index contributed by atoms with van der Waals surface area (Å²) in [5, 5.41) is 5.38. The minimum atomic E-state index is -0.710. The second-order valence-corrected chi connectivity index (χ2v) is 9.04. The van der Waals surface area contributed by atoms with E-state index in [1.807, 2.05) is 67.8 Å². The highest BCUT2D eigenvalue weighted by molar-refractivity contribution is 14.1. The molecule has 1 aromatic carbocycles. The topological polar surface area (TPSA) is 120 Å². The summed E-state index contributed by atoms with van der Waals surface area (Å²) in [5.41, 5.74) is 0.940. The summed E-state index contributed by atoms with van der Waals surface area (Å²) in [6, 6.07) is 0. The molecule has 1 rings (SSSR count).